The molecule has 1 saturated carbocycles. The molecule has 2 aliphatic rings. The molecular weight excluding hydrogens is 560 g/mol. The summed E-state index contributed by atoms with van der Waals surface area (Å²) in [4.78, 5) is 42.8. The van der Waals surface area contributed by atoms with Crippen molar-refractivity contribution < 1.29 is 29.3 Å². The second-order valence-corrected chi connectivity index (χ2v) is 12.6. The summed E-state index contributed by atoms with van der Waals surface area (Å²) in [6, 6.07) is 11.5. The van der Waals surface area contributed by atoms with Crippen LogP contribution in [0.2, 0.25) is 0 Å². The third-order valence-corrected chi connectivity index (χ3v) is 8.67. The first-order valence-corrected chi connectivity index (χ1v) is 15.8. The summed E-state index contributed by atoms with van der Waals surface area (Å²) >= 11 is 0. The Morgan fingerprint density at radius 1 is 0.932 bits per heavy atom. The summed E-state index contributed by atoms with van der Waals surface area (Å²) in [5, 5.41) is 30.1. The van der Waals surface area contributed by atoms with Crippen LogP contribution in [0.5, 0.6) is 11.5 Å². The number of benzene rings is 2. The van der Waals surface area contributed by atoms with Gasteiger partial charge < -0.3 is 35.8 Å². The van der Waals surface area contributed by atoms with Crippen LogP contribution in [0.25, 0.3) is 0 Å². The number of likely N-dealkylation sites (N-methyl/N-ethyl adjacent to an activating group) is 1. The summed E-state index contributed by atoms with van der Waals surface area (Å²) < 4.78 is 6.14. The van der Waals surface area contributed by atoms with Crippen molar-refractivity contribution in [2.24, 2.45) is 5.92 Å². The van der Waals surface area contributed by atoms with Crippen molar-refractivity contribution in [3.05, 3.63) is 59.7 Å². The number of phenols is 1. The van der Waals surface area contributed by atoms with E-state index >= 15 is 0 Å². The molecular formula is C34H48N4O6. The Labute approximate surface area is 260 Å². The number of aromatic hydroxyl groups is 1. The van der Waals surface area contributed by atoms with Crippen molar-refractivity contribution in [3.63, 3.8) is 0 Å². The van der Waals surface area contributed by atoms with Gasteiger partial charge in [0.25, 0.3) is 0 Å². The molecule has 3 amide bonds. The van der Waals surface area contributed by atoms with Gasteiger partial charge in [0.2, 0.25) is 17.7 Å². The fourth-order valence-electron chi connectivity index (χ4n) is 6.41. The number of ether oxygens (including phenoxy) is 1. The number of amides is 3. The highest BCUT2D eigenvalue weighted by Gasteiger charge is 2.43. The van der Waals surface area contributed by atoms with Crippen LogP contribution in [0.3, 0.4) is 0 Å². The van der Waals surface area contributed by atoms with E-state index in [9.17, 15) is 24.6 Å². The van der Waals surface area contributed by atoms with E-state index in [1.54, 1.807) is 19.2 Å². The molecule has 2 aromatic carbocycles. The van der Waals surface area contributed by atoms with E-state index in [4.69, 9.17) is 4.74 Å². The topological polar surface area (TPSA) is 140 Å². The number of hydrogen-bond acceptors (Lipinski definition) is 7. The molecule has 10 nitrogen and oxygen atoms in total. The molecule has 0 saturated heterocycles. The molecule has 0 aromatic heterocycles. The Kier molecular flexibility index (Phi) is 11.6. The number of nitrogens with one attached hydrogen (secondary N) is 3. The molecule has 1 heterocycles. The number of hydrogen-bond donors (Lipinski definition) is 5. The van der Waals surface area contributed by atoms with Gasteiger partial charge in [-0.25, -0.2) is 0 Å². The van der Waals surface area contributed by atoms with Crippen LogP contribution in [0.4, 0.5) is 0 Å². The lowest BCUT2D eigenvalue weighted by molar-refractivity contribution is -0.151. The average Bonchev–Trinajstić information content (AvgIpc) is 2.99. The minimum atomic E-state index is -1.60. The maximum absolute atomic E-state index is 14.1. The minimum absolute atomic E-state index is 0.0927. The second-order valence-electron chi connectivity index (χ2n) is 12.6. The predicted octanol–water partition coefficient (Wildman–Crippen LogP) is 2.70. The van der Waals surface area contributed by atoms with E-state index in [0.717, 1.165) is 49.0 Å². The second kappa shape index (κ2) is 15.4. The summed E-state index contributed by atoms with van der Waals surface area (Å²) in [6.07, 6.45) is 6.51. The molecule has 0 spiro atoms. The number of carbonyl (C=O) groups excluding carboxylic acids is 3. The van der Waals surface area contributed by atoms with E-state index in [0.29, 0.717) is 32.5 Å². The molecule has 2 aromatic rings. The van der Waals surface area contributed by atoms with Gasteiger partial charge in [0.05, 0.1) is 11.6 Å². The number of para-hydroxylation sites is 1. The van der Waals surface area contributed by atoms with Gasteiger partial charge in [-0.1, -0.05) is 49.6 Å². The smallest absolute Gasteiger partial charge is 0.246 e. The van der Waals surface area contributed by atoms with Crippen LogP contribution < -0.4 is 20.7 Å². The van der Waals surface area contributed by atoms with Gasteiger partial charge in [0.15, 0.2) is 0 Å². The highest BCUT2D eigenvalue weighted by atomic mass is 16.5. The van der Waals surface area contributed by atoms with Crippen LogP contribution in [-0.2, 0) is 27.2 Å². The fourth-order valence-corrected chi connectivity index (χ4v) is 6.41. The van der Waals surface area contributed by atoms with Gasteiger partial charge in [0, 0.05) is 26.6 Å². The van der Waals surface area contributed by atoms with E-state index in [1.807, 2.05) is 24.3 Å². The van der Waals surface area contributed by atoms with Gasteiger partial charge in [-0.05, 0) is 74.8 Å². The zero-order valence-electron chi connectivity index (χ0n) is 26.2. The van der Waals surface area contributed by atoms with Crippen molar-refractivity contribution >= 4 is 17.7 Å². The summed E-state index contributed by atoms with van der Waals surface area (Å²) in [6.45, 7) is 4.18. The summed E-state index contributed by atoms with van der Waals surface area (Å²) in [5.74, 6) is -0.302. The van der Waals surface area contributed by atoms with Crippen LogP contribution >= 0.6 is 0 Å². The number of phenolic OH excluding ortho intramolecular Hbond substituents is 1. The SMILES string of the molecule is CN1C(=O)[C@H](C2CCCCC2)NCCOc2ccccc2CCCNC(=O)[C@@H](Cc2ccc(O)cc2)NC(=O)[C@@H]1C(C)(C)O. The number of aryl methyl sites for hydroxylation is 1. The Morgan fingerprint density at radius 2 is 1.64 bits per heavy atom. The molecule has 10 heteroatoms. The number of fused-ring (bicyclic) bond motifs is 1. The third-order valence-electron chi connectivity index (χ3n) is 8.67. The van der Waals surface area contributed by atoms with Crippen LogP contribution in [0, 0.1) is 5.92 Å². The predicted molar refractivity (Wildman–Crippen MR) is 168 cm³/mol. The maximum atomic E-state index is 14.1. The fraction of sp³-hybridized carbons (Fsp3) is 0.559. The highest BCUT2D eigenvalue weighted by molar-refractivity contribution is 5.94. The molecule has 1 aliphatic heterocycles. The Bertz CT molecular complexity index is 1260. The van der Waals surface area contributed by atoms with Gasteiger partial charge in [-0.15, -0.1) is 0 Å². The molecule has 240 valence electrons. The van der Waals surface area contributed by atoms with Crippen molar-refractivity contribution in [1.29, 1.82) is 0 Å². The first-order chi connectivity index (χ1) is 21.0. The van der Waals surface area contributed by atoms with Crippen molar-refractivity contribution in [1.82, 2.24) is 20.9 Å². The molecule has 4 rings (SSSR count). The quantitative estimate of drug-likeness (QED) is 0.360. The maximum Gasteiger partial charge on any atom is 0.246 e. The molecule has 3 atom stereocenters. The largest absolute Gasteiger partial charge is 0.508 e. The zero-order chi connectivity index (χ0) is 31.7. The molecule has 0 bridgehead atoms. The van der Waals surface area contributed by atoms with Crippen LogP contribution in [0.1, 0.15) is 63.5 Å². The van der Waals surface area contributed by atoms with Crippen LogP contribution in [-0.4, -0.2) is 83.3 Å². The first kappa shape index (κ1) is 33.3. The monoisotopic (exact) mass is 608 g/mol. The molecule has 44 heavy (non-hydrogen) atoms. The van der Waals surface area contributed by atoms with Crippen molar-refractivity contribution in [2.75, 3.05) is 26.7 Å². The van der Waals surface area contributed by atoms with E-state index < -0.39 is 29.6 Å². The van der Waals surface area contributed by atoms with E-state index in [-0.39, 0.29) is 29.9 Å². The third kappa shape index (κ3) is 8.95. The Morgan fingerprint density at radius 3 is 2.34 bits per heavy atom. The number of nitrogens with zero attached hydrogens (tertiary/aromatic N) is 1. The number of carbonyl (C=O) groups is 3. The van der Waals surface area contributed by atoms with Gasteiger partial charge in [-0.2, -0.15) is 0 Å². The molecule has 1 aliphatic carbocycles. The zero-order valence-corrected chi connectivity index (χ0v) is 26.2. The Hall–Kier alpha value is -3.63. The molecule has 5 N–H and O–H groups in total. The van der Waals surface area contributed by atoms with Crippen LogP contribution in [0.15, 0.2) is 48.5 Å². The first-order valence-electron chi connectivity index (χ1n) is 15.8. The number of rotatable bonds is 4. The highest BCUT2D eigenvalue weighted by Crippen LogP contribution is 2.29. The van der Waals surface area contributed by atoms with E-state index in [2.05, 4.69) is 16.0 Å². The molecule has 1 fully saturated rings. The van der Waals surface area contributed by atoms with Gasteiger partial charge in [-0.3, -0.25) is 14.4 Å². The standard InChI is InChI=1S/C34H48N4O6/c1-34(2,43)30-32(41)37-27(22-23-15-17-26(39)18-16-23)31(40)36-19-9-13-24-10-7-8-14-28(24)44-21-20-35-29(33(42)38(30)3)25-11-5-4-6-12-25/h7-8,10,14-18,25,27,29-30,35,39,43H,4-6,9,11-13,19-22H2,1-3H3,(H,36,40)(H,37,41)/t27-,29+,30-/m1/s1. The van der Waals surface area contributed by atoms with Crippen molar-refractivity contribution in [2.45, 2.75) is 88.9 Å². The summed E-state index contributed by atoms with van der Waals surface area (Å²) in [5.41, 5.74) is 0.172. The number of aliphatic hydroxyl groups is 1. The molecule has 0 unspecified atom stereocenters. The normalized spacial score (nSPS) is 23.9. The van der Waals surface area contributed by atoms with E-state index in [1.165, 1.54) is 30.9 Å². The lowest BCUT2D eigenvalue weighted by Crippen LogP contribution is -2.64. The lowest BCUT2D eigenvalue weighted by Gasteiger charge is -2.40. The lowest BCUT2D eigenvalue weighted by atomic mass is 9.82. The summed E-state index contributed by atoms with van der Waals surface area (Å²) in [7, 11) is 1.54. The average molecular weight is 609 g/mol. The minimum Gasteiger partial charge on any atom is -0.508 e. The van der Waals surface area contributed by atoms with Gasteiger partial charge >= 0.3 is 0 Å². The Balaban J connectivity index is 1.65. The van der Waals surface area contributed by atoms with Crippen molar-refractivity contribution in [3.8, 4) is 11.5 Å². The molecule has 0 radical (unpaired) electrons. The van der Waals surface area contributed by atoms with Gasteiger partial charge in [0.1, 0.15) is 30.2 Å².